The molecule has 0 spiro atoms. The third kappa shape index (κ3) is 4.90. The van der Waals surface area contributed by atoms with E-state index in [2.05, 4.69) is 10.3 Å². The van der Waals surface area contributed by atoms with Crippen LogP contribution in [0.5, 0.6) is 0 Å². The van der Waals surface area contributed by atoms with Crippen molar-refractivity contribution >= 4 is 37.5 Å². The zero-order valence-corrected chi connectivity index (χ0v) is 19.4. The number of aryl methyl sites for hydroxylation is 1. The van der Waals surface area contributed by atoms with Gasteiger partial charge in [-0.05, 0) is 55.5 Å². The lowest BCUT2D eigenvalue weighted by Gasteiger charge is -2.31. The number of sulfonamides is 1. The third-order valence-electron chi connectivity index (χ3n) is 5.81. The fourth-order valence-corrected chi connectivity index (χ4v) is 6.47. The molecule has 0 bridgehead atoms. The largest absolute Gasteiger partial charge is 0.433 e. The van der Waals surface area contributed by atoms with Gasteiger partial charge in [0.05, 0.1) is 9.77 Å². The van der Waals surface area contributed by atoms with Crippen LogP contribution >= 0.6 is 11.3 Å². The number of pyridine rings is 1. The van der Waals surface area contributed by atoms with Gasteiger partial charge in [0, 0.05) is 25.0 Å². The molecule has 176 valence electrons. The first-order chi connectivity index (χ1) is 15.6. The standard InChI is InChI=1S/C22H22F3N3O3S2/c1-14-17-7-8-18(22(23,24)25)27-21(17)32-19(14)20(29)26-13-15-9-11-28(12-10-15)33(30,31)16-5-3-2-4-6-16/h2-8,15H,9-13H2,1H3,(H,26,29). The number of thiophene rings is 1. The molecule has 1 fully saturated rings. The molecule has 1 aliphatic rings. The predicted molar refractivity (Wildman–Crippen MR) is 120 cm³/mol. The maximum absolute atomic E-state index is 12.9. The summed E-state index contributed by atoms with van der Waals surface area (Å²) in [6, 6.07) is 10.5. The Balaban J connectivity index is 1.37. The highest BCUT2D eigenvalue weighted by Gasteiger charge is 2.33. The highest BCUT2D eigenvalue weighted by atomic mass is 32.2. The van der Waals surface area contributed by atoms with Crippen LogP contribution < -0.4 is 5.32 Å². The van der Waals surface area contributed by atoms with Gasteiger partial charge in [-0.2, -0.15) is 17.5 Å². The maximum Gasteiger partial charge on any atom is 0.433 e. The molecule has 3 heterocycles. The minimum Gasteiger partial charge on any atom is -0.351 e. The molecular weight excluding hydrogens is 475 g/mol. The molecule has 2 aromatic heterocycles. The number of carbonyl (C=O) groups is 1. The number of benzene rings is 1. The van der Waals surface area contributed by atoms with Crippen molar-refractivity contribution < 1.29 is 26.4 Å². The second kappa shape index (κ2) is 9.03. The lowest BCUT2D eigenvalue weighted by atomic mass is 9.98. The second-order valence-corrected chi connectivity index (χ2v) is 10.9. The Morgan fingerprint density at radius 2 is 1.82 bits per heavy atom. The normalized spacial score (nSPS) is 16.2. The average Bonchev–Trinajstić information content (AvgIpc) is 3.14. The van der Waals surface area contributed by atoms with Crippen LogP contribution in [0.15, 0.2) is 47.4 Å². The number of halogens is 3. The molecule has 3 aromatic rings. The summed E-state index contributed by atoms with van der Waals surface area (Å²) in [5.74, 6) is -0.246. The summed E-state index contributed by atoms with van der Waals surface area (Å²) in [6.07, 6.45) is -3.33. The van der Waals surface area contributed by atoms with Gasteiger partial charge in [-0.3, -0.25) is 4.79 Å². The molecule has 4 rings (SSSR count). The Kier molecular flexibility index (Phi) is 6.47. The zero-order valence-electron chi connectivity index (χ0n) is 17.7. The van der Waals surface area contributed by atoms with Crippen molar-refractivity contribution in [2.75, 3.05) is 19.6 Å². The predicted octanol–water partition coefficient (Wildman–Crippen LogP) is 4.45. The van der Waals surface area contributed by atoms with E-state index in [0.29, 0.717) is 48.3 Å². The molecule has 0 radical (unpaired) electrons. The number of hydrogen-bond donors (Lipinski definition) is 1. The zero-order chi connectivity index (χ0) is 23.8. The SMILES string of the molecule is Cc1c(C(=O)NCC2CCN(S(=O)(=O)c3ccccc3)CC2)sc2nc(C(F)(F)F)ccc12. The van der Waals surface area contributed by atoms with E-state index in [0.717, 1.165) is 17.4 Å². The van der Waals surface area contributed by atoms with Crippen molar-refractivity contribution in [3.63, 3.8) is 0 Å². The Hall–Kier alpha value is -2.50. The van der Waals surface area contributed by atoms with Crippen LogP contribution in [-0.4, -0.2) is 43.2 Å². The molecule has 1 saturated heterocycles. The van der Waals surface area contributed by atoms with Gasteiger partial charge >= 0.3 is 6.18 Å². The fraction of sp³-hybridized carbons (Fsp3) is 0.364. The van der Waals surface area contributed by atoms with E-state index >= 15 is 0 Å². The van der Waals surface area contributed by atoms with Crippen molar-refractivity contribution in [2.45, 2.75) is 30.8 Å². The third-order valence-corrected chi connectivity index (χ3v) is 8.92. The quantitative estimate of drug-likeness (QED) is 0.565. The van der Waals surface area contributed by atoms with Gasteiger partial charge in [-0.25, -0.2) is 13.4 Å². The number of piperidine rings is 1. The van der Waals surface area contributed by atoms with Crippen molar-refractivity contribution in [3.8, 4) is 0 Å². The molecule has 11 heteroatoms. The number of alkyl halides is 3. The lowest BCUT2D eigenvalue weighted by Crippen LogP contribution is -2.41. The smallest absolute Gasteiger partial charge is 0.351 e. The summed E-state index contributed by atoms with van der Waals surface area (Å²) < 4.78 is 65.7. The first-order valence-electron chi connectivity index (χ1n) is 10.4. The van der Waals surface area contributed by atoms with Crippen LogP contribution in [0.4, 0.5) is 13.2 Å². The molecule has 1 aliphatic heterocycles. The highest BCUT2D eigenvalue weighted by molar-refractivity contribution is 7.89. The molecule has 33 heavy (non-hydrogen) atoms. The molecule has 0 aliphatic carbocycles. The molecule has 0 saturated carbocycles. The number of fused-ring (bicyclic) bond motifs is 1. The summed E-state index contributed by atoms with van der Waals surface area (Å²) in [4.78, 5) is 17.1. The molecule has 1 amide bonds. The first-order valence-corrected chi connectivity index (χ1v) is 12.6. The number of amides is 1. The number of nitrogens with zero attached hydrogens (tertiary/aromatic N) is 2. The van der Waals surface area contributed by atoms with E-state index in [4.69, 9.17) is 0 Å². The summed E-state index contributed by atoms with van der Waals surface area (Å²) >= 11 is 0.940. The van der Waals surface area contributed by atoms with Crippen LogP contribution in [0.3, 0.4) is 0 Å². The number of carbonyl (C=O) groups excluding carboxylic acids is 1. The van der Waals surface area contributed by atoms with E-state index in [1.807, 2.05) is 0 Å². The molecule has 0 unspecified atom stereocenters. The van der Waals surface area contributed by atoms with Crippen molar-refractivity contribution in [3.05, 3.63) is 58.6 Å². The Labute approximate surface area is 193 Å². The summed E-state index contributed by atoms with van der Waals surface area (Å²) in [6.45, 7) is 2.79. The lowest BCUT2D eigenvalue weighted by molar-refractivity contribution is -0.140. The topological polar surface area (TPSA) is 79.4 Å². The van der Waals surface area contributed by atoms with Crippen molar-refractivity contribution in [2.24, 2.45) is 5.92 Å². The van der Waals surface area contributed by atoms with Gasteiger partial charge in [0.25, 0.3) is 5.91 Å². The van der Waals surface area contributed by atoms with Gasteiger partial charge in [0.1, 0.15) is 10.5 Å². The average molecular weight is 498 g/mol. The van der Waals surface area contributed by atoms with Gasteiger partial charge in [-0.15, -0.1) is 11.3 Å². The van der Waals surface area contributed by atoms with Crippen molar-refractivity contribution in [1.82, 2.24) is 14.6 Å². The van der Waals surface area contributed by atoms with Gasteiger partial charge in [0.15, 0.2) is 0 Å². The first kappa shape index (κ1) is 23.7. The number of aromatic nitrogens is 1. The van der Waals surface area contributed by atoms with Gasteiger partial charge < -0.3 is 5.32 Å². The Bertz CT molecular complexity index is 1270. The van der Waals surface area contributed by atoms with E-state index in [1.165, 1.54) is 10.4 Å². The van der Waals surface area contributed by atoms with E-state index in [-0.39, 0.29) is 21.6 Å². The van der Waals surface area contributed by atoms with Gasteiger partial charge in [-0.1, -0.05) is 18.2 Å². The van der Waals surface area contributed by atoms with E-state index in [1.54, 1.807) is 37.3 Å². The van der Waals surface area contributed by atoms with Crippen LogP contribution in [-0.2, 0) is 16.2 Å². The van der Waals surface area contributed by atoms with E-state index in [9.17, 15) is 26.4 Å². The van der Waals surface area contributed by atoms with Crippen LogP contribution in [0, 0.1) is 12.8 Å². The minimum absolute atomic E-state index is 0.112. The molecule has 1 N–H and O–H groups in total. The Morgan fingerprint density at radius 1 is 1.15 bits per heavy atom. The second-order valence-electron chi connectivity index (χ2n) is 7.97. The minimum atomic E-state index is -4.54. The Morgan fingerprint density at radius 3 is 2.45 bits per heavy atom. The van der Waals surface area contributed by atoms with Crippen LogP contribution in [0.2, 0.25) is 0 Å². The van der Waals surface area contributed by atoms with Gasteiger partial charge in [0.2, 0.25) is 10.0 Å². The van der Waals surface area contributed by atoms with E-state index < -0.39 is 21.9 Å². The molecule has 6 nitrogen and oxygen atoms in total. The summed E-state index contributed by atoms with van der Waals surface area (Å²) in [5, 5.41) is 3.38. The number of rotatable bonds is 5. The molecular formula is C22H22F3N3O3S2. The fourth-order valence-electron chi connectivity index (χ4n) is 3.89. The molecule has 1 aromatic carbocycles. The van der Waals surface area contributed by atoms with Crippen molar-refractivity contribution in [1.29, 1.82) is 0 Å². The summed E-state index contributed by atoms with van der Waals surface area (Å²) in [5.41, 5.74) is -0.391. The number of nitrogens with one attached hydrogen (secondary N) is 1. The highest BCUT2D eigenvalue weighted by Crippen LogP contribution is 2.34. The van der Waals surface area contributed by atoms with Crippen LogP contribution in [0.25, 0.3) is 10.2 Å². The maximum atomic E-state index is 12.9. The number of hydrogen-bond acceptors (Lipinski definition) is 5. The van der Waals surface area contributed by atoms with Crippen LogP contribution in [0.1, 0.15) is 33.8 Å². The molecule has 0 atom stereocenters. The monoisotopic (exact) mass is 497 g/mol. The summed E-state index contributed by atoms with van der Waals surface area (Å²) in [7, 11) is -3.53.